The summed E-state index contributed by atoms with van der Waals surface area (Å²) in [5.74, 6) is -0.378. The van der Waals surface area contributed by atoms with Gasteiger partial charge in [-0.1, -0.05) is 6.92 Å². The van der Waals surface area contributed by atoms with E-state index in [0.717, 1.165) is 17.4 Å². The Morgan fingerprint density at radius 2 is 2.09 bits per heavy atom. The fraction of sp³-hybridized carbons (Fsp3) is 0.500. The fourth-order valence-corrected chi connectivity index (χ4v) is 2.52. The molecule has 0 saturated carbocycles. The third kappa shape index (κ3) is 4.24. The maximum atomic E-state index is 14.0. The summed E-state index contributed by atoms with van der Waals surface area (Å²) in [6, 6.07) is 5.04. The molecule has 0 fully saturated rings. The third-order valence-corrected chi connectivity index (χ3v) is 3.74. The van der Waals surface area contributed by atoms with Crippen molar-refractivity contribution < 1.29 is 18.3 Å². The summed E-state index contributed by atoms with van der Waals surface area (Å²) < 4.78 is 24.5. The van der Waals surface area contributed by atoms with Crippen LogP contribution in [0.1, 0.15) is 39.7 Å². The lowest BCUT2D eigenvalue weighted by molar-refractivity contribution is 0.0218. The number of likely N-dealkylation sites (N-methyl/N-ethyl adjacent to an activating group) is 1. The van der Waals surface area contributed by atoms with Crippen molar-refractivity contribution in [2.45, 2.75) is 52.2 Å². The summed E-state index contributed by atoms with van der Waals surface area (Å²) >= 11 is 0. The summed E-state index contributed by atoms with van der Waals surface area (Å²) in [6.07, 6.45) is 2.42. The van der Waals surface area contributed by atoms with Crippen LogP contribution in [-0.2, 0) is 11.2 Å². The summed E-state index contributed by atoms with van der Waals surface area (Å²) in [5.41, 5.74) is 0.562. The van der Waals surface area contributed by atoms with Gasteiger partial charge in [-0.05, 0) is 57.4 Å². The molecular formula is C18H24FNO3. The SMILES string of the molecule is CCC(Cc1cc(F)c2occc2c1)N(C)C(=O)OC(C)(C)C. The minimum Gasteiger partial charge on any atom is -0.461 e. The molecule has 2 aromatic rings. The monoisotopic (exact) mass is 321 g/mol. The number of carbonyl (C=O) groups excluding carboxylic acids is 1. The number of furan rings is 1. The molecule has 1 unspecified atom stereocenters. The van der Waals surface area contributed by atoms with Gasteiger partial charge in [0.25, 0.3) is 0 Å². The highest BCUT2D eigenvalue weighted by Gasteiger charge is 2.25. The standard InChI is InChI=1S/C18H24FNO3/c1-6-14(20(5)17(21)23-18(2,3)4)10-12-9-13-7-8-22-16(13)15(19)11-12/h7-9,11,14H,6,10H2,1-5H3. The summed E-state index contributed by atoms with van der Waals surface area (Å²) in [6.45, 7) is 7.50. The zero-order valence-electron chi connectivity index (χ0n) is 14.4. The highest BCUT2D eigenvalue weighted by atomic mass is 19.1. The Labute approximate surface area is 136 Å². The van der Waals surface area contributed by atoms with Crippen LogP contribution in [0.3, 0.4) is 0 Å². The molecule has 0 saturated heterocycles. The van der Waals surface area contributed by atoms with E-state index in [-0.39, 0.29) is 23.5 Å². The summed E-state index contributed by atoms with van der Waals surface area (Å²) in [5, 5.41) is 0.731. The molecule has 1 amide bonds. The van der Waals surface area contributed by atoms with Crippen LogP contribution in [-0.4, -0.2) is 29.7 Å². The molecule has 5 heteroatoms. The Bertz CT molecular complexity index is 687. The molecule has 0 aliphatic heterocycles. The molecule has 0 aliphatic carbocycles. The molecule has 23 heavy (non-hydrogen) atoms. The second-order valence-electron chi connectivity index (χ2n) is 6.77. The van der Waals surface area contributed by atoms with E-state index in [1.165, 1.54) is 12.3 Å². The van der Waals surface area contributed by atoms with Crippen LogP contribution >= 0.6 is 0 Å². The molecule has 0 radical (unpaired) electrons. The van der Waals surface area contributed by atoms with Gasteiger partial charge in [0.05, 0.1) is 6.26 Å². The zero-order valence-corrected chi connectivity index (χ0v) is 14.4. The minimum absolute atomic E-state index is 0.0615. The molecule has 0 bridgehead atoms. The van der Waals surface area contributed by atoms with E-state index in [1.54, 1.807) is 18.0 Å². The van der Waals surface area contributed by atoms with E-state index in [9.17, 15) is 9.18 Å². The Balaban J connectivity index is 2.15. The molecule has 4 nitrogen and oxygen atoms in total. The lowest BCUT2D eigenvalue weighted by Gasteiger charge is -2.30. The van der Waals surface area contributed by atoms with Gasteiger partial charge in [0.1, 0.15) is 5.60 Å². The molecule has 0 aliphatic rings. The van der Waals surface area contributed by atoms with Gasteiger partial charge < -0.3 is 14.1 Å². The van der Waals surface area contributed by atoms with Crippen LogP contribution < -0.4 is 0 Å². The van der Waals surface area contributed by atoms with Gasteiger partial charge in [0.15, 0.2) is 11.4 Å². The third-order valence-electron chi connectivity index (χ3n) is 3.74. The van der Waals surface area contributed by atoms with Crippen molar-refractivity contribution >= 4 is 17.1 Å². The second kappa shape index (κ2) is 6.60. The lowest BCUT2D eigenvalue weighted by atomic mass is 10.0. The number of benzene rings is 1. The Kier molecular flexibility index (Phi) is 4.97. The van der Waals surface area contributed by atoms with Crippen molar-refractivity contribution in [2.75, 3.05) is 7.05 Å². The first-order chi connectivity index (χ1) is 10.7. The number of halogens is 1. The Morgan fingerprint density at radius 3 is 2.70 bits per heavy atom. The van der Waals surface area contributed by atoms with Crippen LogP contribution in [0, 0.1) is 5.82 Å². The largest absolute Gasteiger partial charge is 0.461 e. The number of rotatable bonds is 4. The number of amides is 1. The quantitative estimate of drug-likeness (QED) is 0.815. The molecule has 1 aromatic carbocycles. The maximum Gasteiger partial charge on any atom is 0.410 e. The normalized spacial score (nSPS) is 13.1. The van der Waals surface area contributed by atoms with Crippen LogP contribution in [0.15, 0.2) is 28.9 Å². The number of fused-ring (bicyclic) bond motifs is 1. The predicted octanol–water partition coefficient (Wildman–Crippen LogP) is 4.76. The Hall–Kier alpha value is -2.04. The van der Waals surface area contributed by atoms with Gasteiger partial charge in [-0.25, -0.2) is 9.18 Å². The molecule has 0 N–H and O–H groups in total. The van der Waals surface area contributed by atoms with E-state index in [1.807, 2.05) is 33.8 Å². The maximum absolute atomic E-state index is 14.0. The Morgan fingerprint density at radius 1 is 1.39 bits per heavy atom. The lowest BCUT2D eigenvalue weighted by Crippen LogP contribution is -2.41. The number of hydrogen-bond donors (Lipinski definition) is 0. The smallest absolute Gasteiger partial charge is 0.410 e. The van der Waals surface area contributed by atoms with E-state index in [0.29, 0.717) is 6.42 Å². The van der Waals surface area contributed by atoms with Crippen molar-refractivity contribution in [1.82, 2.24) is 4.90 Å². The van der Waals surface area contributed by atoms with Crippen LogP contribution in [0.2, 0.25) is 0 Å². The number of nitrogens with zero attached hydrogens (tertiary/aromatic N) is 1. The van der Waals surface area contributed by atoms with E-state index < -0.39 is 5.60 Å². The summed E-state index contributed by atoms with van der Waals surface area (Å²) in [4.78, 5) is 13.8. The van der Waals surface area contributed by atoms with Crippen molar-refractivity contribution in [3.63, 3.8) is 0 Å². The number of carbonyl (C=O) groups is 1. The number of ether oxygens (including phenoxy) is 1. The van der Waals surface area contributed by atoms with Crippen molar-refractivity contribution in [1.29, 1.82) is 0 Å². The molecular weight excluding hydrogens is 297 g/mol. The van der Waals surface area contributed by atoms with Gasteiger partial charge >= 0.3 is 6.09 Å². The zero-order chi connectivity index (χ0) is 17.2. The molecule has 126 valence electrons. The summed E-state index contributed by atoms with van der Waals surface area (Å²) in [7, 11) is 1.72. The predicted molar refractivity (Wildman–Crippen MR) is 88.0 cm³/mol. The van der Waals surface area contributed by atoms with Crippen molar-refractivity contribution in [3.8, 4) is 0 Å². The van der Waals surface area contributed by atoms with Crippen LogP contribution in [0.5, 0.6) is 0 Å². The molecule has 2 rings (SSSR count). The molecule has 1 atom stereocenters. The molecule has 1 aromatic heterocycles. The van der Waals surface area contributed by atoms with Crippen LogP contribution in [0.4, 0.5) is 9.18 Å². The van der Waals surface area contributed by atoms with E-state index >= 15 is 0 Å². The van der Waals surface area contributed by atoms with Crippen LogP contribution in [0.25, 0.3) is 11.0 Å². The highest BCUT2D eigenvalue weighted by Crippen LogP contribution is 2.23. The van der Waals surface area contributed by atoms with E-state index in [2.05, 4.69) is 0 Å². The molecule has 1 heterocycles. The number of hydrogen-bond acceptors (Lipinski definition) is 3. The van der Waals surface area contributed by atoms with Crippen molar-refractivity contribution in [2.24, 2.45) is 0 Å². The fourth-order valence-electron chi connectivity index (χ4n) is 2.52. The van der Waals surface area contributed by atoms with Gasteiger partial charge in [0, 0.05) is 18.5 Å². The van der Waals surface area contributed by atoms with Gasteiger partial charge in [-0.3, -0.25) is 0 Å². The average Bonchev–Trinajstić information content (AvgIpc) is 2.91. The topological polar surface area (TPSA) is 42.7 Å². The van der Waals surface area contributed by atoms with E-state index in [4.69, 9.17) is 9.15 Å². The van der Waals surface area contributed by atoms with Gasteiger partial charge in [-0.2, -0.15) is 0 Å². The van der Waals surface area contributed by atoms with Gasteiger partial charge in [0.2, 0.25) is 0 Å². The second-order valence-corrected chi connectivity index (χ2v) is 6.77. The highest BCUT2D eigenvalue weighted by molar-refractivity contribution is 5.78. The first kappa shape index (κ1) is 17.3. The first-order valence-electron chi connectivity index (χ1n) is 7.82. The van der Waals surface area contributed by atoms with Gasteiger partial charge in [-0.15, -0.1) is 0 Å². The van der Waals surface area contributed by atoms with Crippen molar-refractivity contribution in [3.05, 3.63) is 35.8 Å². The first-order valence-corrected chi connectivity index (χ1v) is 7.82. The average molecular weight is 321 g/mol. The molecule has 0 spiro atoms. The minimum atomic E-state index is -0.536.